The molecule has 0 aliphatic carbocycles. The van der Waals surface area contributed by atoms with Crippen LogP contribution in [0.1, 0.15) is 31.7 Å². The molecule has 1 aromatic heterocycles. The Bertz CT molecular complexity index is 758. The molecule has 2 heterocycles. The van der Waals surface area contributed by atoms with Gasteiger partial charge in [-0.2, -0.15) is 5.10 Å². The highest BCUT2D eigenvalue weighted by Gasteiger charge is 2.26. The Balaban J connectivity index is 1.58. The lowest BCUT2D eigenvalue weighted by atomic mass is 10.1. The number of likely N-dealkylation sites (tertiary alicyclic amines) is 1. The van der Waals surface area contributed by atoms with Crippen molar-refractivity contribution in [2.75, 3.05) is 19.6 Å². The standard InChI is InChI=1S/C20H26N4O3/c1-16(25)23(15-20(26)27)18-4-2-11-22(13-9-18)14-17-5-7-19(8-6-17)24-12-3-10-21-24/h3,5-8,10,12,18H,2,4,9,11,13-15H2,1H3,(H,26,27). The molecule has 3 rings (SSSR count). The van der Waals surface area contributed by atoms with Crippen LogP contribution in [-0.2, 0) is 16.1 Å². The Kier molecular flexibility index (Phi) is 6.24. The van der Waals surface area contributed by atoms with Crippen LogP contribution in [0.4, 0.5) is 0 Å². The fraction of sp³-hybridized carbons (Fsp3) is 0.450. The Labute approximate surface area is 159 Å². The summed E-state index contributed by atoms with van der Waals surface area (Å²) >= 11 is 0. The number of carbonyl (C=O) groups excluding carboxylic acids is 1. The van der Waals surface area contributed by atoms with E-state index in [0.717, 1.165) is 44.6 Å². The number of aromatic nitrogens is 2. The van der Waals surface area contributed by atoms with E-state index in [9.17, 15) is 9.59 Å². The second kappa shape index (κ2) is 8.81. The Hall–Kier alpha value is -2.67. The fourth-order valence-electron chi connectivity index (χ4n) is 3.69. The average molecular weight is 370 g/mol. The van der Waals surface area contributed by atoms with Gasteiger partial charge in [-0.3, -0.25) is 14.5 Å². The molecule has 1 amide bonds. The van der Waals surface area contributed by atoms with Crippen LogP contribution < -0.4 is 0 Å². The molecule has 1 aromatic carbocycles. The number of hydrogen-bond acceptors (Lipinski definition) is 4. The van der Waals surface area contributed by atoms with Gasteiger partial charge in [0.15, 0.2) is 0 Å². The molecule has 7 heteroatoms. The van der Waals surface area contributed by atoms with Crippen LogP contribution in [-0.4, -0.2) is 62.2 Å². The predicted octanol–water partition coefficient (Wildman–Crippen LogP) is 2.16. The van der Waals surface area contributed by atoms with Gasteiger partial charge in [0, 0.05) is 38.4 Å². The van der Waals surface area contributed by atoms with Gasteiger partial charge in [0.25, 0.3) is 0 Å². The summed E-state index contributed by atoms with van der Waals surface area (Å²) < 4.78 is 1.83. The molecule has 7 nitrogen and oxygen atoms in total. The lowest BCUT2D eigenvalue weighted by Gasteiger charge is -2.29. The van der Waals surface area contributed by atoms with Crippen LogP contribution in [0.3, 0.4) is 0 Å². The largest absolute Gasteiger partial charge is 0.480 e. The first kappa shape index (κ1) is 19.1. The minimum atomic E-state index is -0.955. The van der Waals surface area contributed by atoms with Crippen molar-refractivity contribution in [1.82, 2.24) is 19.6 Å². The van der Waals surface area contributed by atoms with E-state index >= 15 is 0 Å². The van der Waals surface area contributed by atoms with Gasteiger partial charge < -0.3 is 10.0 Å². The van der Waals surface area contributed by atoms with Crippen molar-refractivity contribution in [2.24, 2.45) is 0 Å². The predicted molar refractivity (Wildman–Crippen MR) is 102 cm³/mol. The van der Waals surface area contributed by atoms with Crippen LogP contribution >= 0.6 is 0 Å². The van der Waals surface area contributed by atoms with E-state index in [-0.39, 0.29) is 18.5 Å². The Morgan fingerprint density at radius 3 is 2.63 bits per heavy atom. The average Bonchev–Trinajstić information content (AvgIpc) is 3.08. The summed E-state index contributed by atoms with van der Waals surface area (Å²) in [6, 6.07) is 10.3. The summed E-state index contributed by atoms with van der Waals surface area (Å²) in [6.45, 7) is 3.90. The number of carboxylic acid groups (broad SMARTS) is 1. The molecule has 144 valence electrons. The summed E-state index contributed by atoms with van der Waals surface area (Å²) in [5, 5.41) is 13.3. The fourth-order valence-corrected chi connectivity index (χ4v) is 3.69. The number of amides is 1. The van der Waals surface area contributed by atoms with Gasteiger partial charge in [0.1, 0.15) is 6.54 Å². The third-order valence-electron chi connectivity index (χ3n) is 5.05. The van der Waals surface area contributed by atoms with Crippen molar-refractivity contribution in [3.05, 3.63) is 48.3 Å². The summed E-state index contributed by atoms with van der Waals surface area (Å²) in [4.78, 5) is 26.8. The van der Waals surface area contributed by atoms with Gasteiger partial charge in [-0.05, 0) is 49.6 Å². The van der Waals surface area contributed by atoms with Gasteiger partial charge in [-0.1, -0.05) is 12.1 Å². The zero-order valence-electron chi connectivity index (χ0n) is 15.6. The molecule has 1 unspecified atom stereocenters. The van der Waals surface area contributed by atoms with Crippen LogP contribution in [0.15, 0.2) is 42.7 Å². The quantitative estimate of drug-likeness (QED) is 0.843. The van der Waals surface area contributed by atoms with E-state index in [1.54, 1.807) is 6.20 Å². The first-order valence-corrected chi connectivity index (χ1v) is 9.33. The first-order valence-electron chi connectivity index (χ1n) is 9.33. The minimum absolute atomic E-state index is 0.00536. The number of nitrogens with zero attached hydrogens (tertiary/aromatic N) is 4. The number of rotatable bonds is 6. The first-order chi connectivity index (χ1) is 13.0. The van der Waals surface area contributed by atoms with E-state index in [4.69, 9.17) is 5.11 Å². The van der Waals surface area contributed by atoms with E-state index in [2.05, 4.69) is 34.3 Å². The maximum Gasteiger partial charge on any atom is 0.323 e. The highest BCUT2D eigenvalue weighted by Crippen LogP contribution is 2.19. The van der Waals surface area contributed by atoms with Crippen molar-refractivity contribution < 1.29 is 14.7 Å². The zero-order valence-corrected chi connectivity index (χ0v) is 15.6. The van der Waals surface area contributed by atoms with E-state index in [1.165, 1.54) is 17.4 Å². The maximum absolute atomic E-state index is 11.8. The number of aliphatic carboxylic acids is 1. The molecule has 0 saturated carbocycles. The molecule has 1 N–H and O–H groups in total. The molecule has 27 heavy (non-hydrogen) atoms. The van der Waals surface area contributed by atoms with Crippen molar-refractivity contribution >= 4 is 11.9 Å². The smallest absolute Gasteiger partial charge is 0.323 e. The van der Waals surface area contributed by atoms with E-state index in [1.807, 2.05) is 16.9 Å². The van der Waals surface area contributed by atoms with Crippen LogP contribution in [0.5, 0.6) is 0 Å². The number of carbonyl (C=O) groups is 2. The van der Waals surface area contributed by atoms with Gasteiger partial charge in [-0.25, -0.2) is 4.68 Å². The summed E-state index contributed by atoms with van der Waals surface area (Å²) in [7, 11) is 0. The molecule has 1 fully saturated rings. The van der Waals surface area contributed by atoms with Crippen molar-refractivity contribution in [3.8, 4) is 5.69 Å². The molecule has 1 saturated heterocycles. The Morgan fingerprint density at radius 1 is 1.22 bits per heavy atom. The summed E-state index contributed by atoms with van der Waals surface area (Å²) in [5.74, 6) is -1.12. The minimum Gasteiger partial charge on any atom is -0.480 e. The zero-order chi connectivity index (χ0) is 19.2. The molecular formula is C20H26N4O3. The third kappa shape index (κ3) is 5.17. The molecule has 1 atom stereocenters. The highest BCUT2D eigenvalue weighted by atomic mass is 16.4. The number of hydrogen-bond donors (Lipinski definition) is 1. The molecule has 1 aliphatic rings. The van der Waals surface area contributed by atoms with Crippen molar-refractivity contribution in [1.29, 1.82) is 0 Å². The van der Waals surface area contributed by atoms with Gasteiger partial charge in [0.05, 0.1) is 5.69 Å². The normalized spacial score (nSPS) is 18.0. The highest BCUT2D eigenvalue weighted by molar-refractivity contribution is 5.79. The molecule has 1 aliphatic heterocycles. The van der Waals surface area contributed by atoms with Gasteiger partial charge in [0.2, 0.25) is 5.91 Å². The van der Waals surface area contributed by atoms with E-state index in [0.29, 0.717) is 0 Å². The van der Waals surface area contributed by atoms with Crippen LogP contribution in [0.25, 0.3) is 5.69 Å². The van der Waals surface area contributed by atoms with Crippen molar-refractivity contribution in [2.45, 2.75) is 38.8 Å². The van der Waals surface area contributed by atoms with Gasteiger partial charge >= 0.3 is 5.97 Å². The molecule has 0 bridgehead atoms. The topological polar surface area (TPSA) is 78.7 Å². The molecule has 0 spiro atoms. The second-order valence-electron chi connectivity index (χ2n) is 7.02. The lowest BCUT2D eigenvalue weighted by Crippen LogP contribution is -2.42. The molecular weight excluding hydrogens is 344 g/mol. The van der Waals surface area contributed by atoms with E-state index < -0.39 is 5.97 Å². The van der Waals surface area contributed by atoms with Gasteiger partial charge in [-0.15, -0.1) is 0 Å². The Morgan fingerprint density at radius 2 is 2.00 bits per heavy atom. The summed E-state index contributed by atoms with van der Waals surface area (Å²) in [5.41, 5.74) is 2.27. The molecule has 0 radical (unpaired) electrons. The second-order valence-corrected chi connectivity index (χ2v) is 7.02. The van der Waals surface area contributed by atoms with Crippen LogP contribution in [0, 0.1) is 0 Å². The number of carboxylic acids is 1. The summed E-state index contributed by atoms with van der Waals surface area (Å²) in [6.07, 6.45) is 6.29. The maximum atomic E-state index is 11.8. The van der Waals surface area contributed by atoms with Crippen molar-refractivity contribution in [3.63, 3.8) is 0 Å². The SMILES string of the molecule is CC(=O)N(CC(=O)O)C1CCCN(Cc2ccc(-n3cccn3)cc2)CC1. The monoisotopic (exact) mass is 370 g/mol. The molecule has 2 aromatic rings. The lowest BCUT2D eigenvalue weighted by molar-refractivity contribution is -0.145. The third-order valence-corrected chi connectivity index (χ3v) is 5.05. The van der Waals surface area contributed by atoms with Crippen LogP contribution in [0.2, 0.25) is 0 Å². The number of benzene rings is 1.